The van der Waals surface area contributed by atoms with Crippen molar-refractivity contribution in [3.63, 3.8) is 0 Å². The quantitative estimate of drug-likeness (QED) is 0.900. The van der Waals surface area contributed by atoms with Gasteiger partial charge in [-0.1, -0.05) is 6.42 Å². The topological polar surface area (TPSA) is 36.9 Å². The highest BCUT2D eigenvalue weighted by molar-refractivity contribution is 5.10. The molecule has 1 saturated heterocycles. The molecule has 0 aromatic carbocycles. The first-order valence-corrected chi connectivity index (χ1v) is 6.68. The van der Waals surface area contributed by atoms with Crippen molar-refractivity contribution in [3.05, 3.63) is 42.0 Å². The second-order valence-corrected chi connectivity index (χ2v) is 5.10. The van der Waals surface area contributed by atoms with Crippen molar-refractivity contribution in [3.8, 4) is 0 Å². The van der Waals surface area contributed by atoms with E-state index in [2.05, 4.69) is 51.1 Å². The fourth-order valence-corrected chi connectivity index (χ4v) is 2.85. The van der Waals surface area contributed by atoms with Crippen LogP contribution in [0.2, 0.25) is 0 Å². The van der Waals surface area contributed by atoms with E-state index < -0.39 is 0 Å². The number of hydrogen-bond acceptors (Lipinski definition) is 2. The minimum Gasteiger partial charge on any atom is -0.353 e. The fraction of sp³-hybridized carbons (Fsp3) is 0.500. The Morgan fingerprint density at radius 3 is 3.06 bits per heavy atom. The van der Waals surface area contributed by atoms with Crippen LogP contribution < -0.4 is 0 Å². The molecular formula is C14H20N4. The summed E-state index contributed by atoms with van der Waals surface area (Å²) in [7, 11) is 2.12. The van der Waals surface area contributed by atoms with Gasteiger partial charge in [-0.25, -0.2) is 0 Å². The van der Waals surface area contributed by atoms with E-state index in [1.165, 1.54) is 37.2 Å². The Bertz CT molecular complexity index is 486. The Kier molecular flexibility index (Phi) is 3.19. The molecule has 0 radical (unpaired) electrons. The average Bonchev–Trinajstić information content (AvgIpc) is 3.03. The number of aromatic amines is 1. The van der Waals surface area contributed by atoms with E-state index in [0.717, 1.165) is 6.54 Å². The molecule has 2 aromatic rings. The summed E-state index contributed by atoms with van der Waals surface area (Å²) in [6, 6.07) is 6.92. The largest absolute Gasteiger partial charge is 0.353 e. The molecule has 18 heavy (non-hydrogen) atoms. The summed E-state index contributed by atoms with van der Waals surface area (Å²) in [6.07, 6.45) is 7.81. The SMILES string of the molecule is Cn1cccc1CN1CCCCC1c1ccn[nH]1. The van der Waals surface area contributed by atoms with Crippen molar-refractivity contribution in [2.75, 3.05) is 6.54 Å². The van der Waals surface area contributed by atoms with E-state index in [9.17, 15) is 0 Å². The first kappa shape index (κ1) is 11.5. The minimum atomic E-state index is 0.496. The van der Waals surface area contributed by atoms with Gasteiger partial charge in [-0.05, 0) is 37.6 Å². The molecule has 4 nitrogen and oxygen atoms in total. The third-order valence-electron chi connectivity index (χ3n) is 3.91. The zero-order chi connectivity index (χ0) is 12.4. The van der Waals surface area contributed by atoms with Crippen LogP contribution in [0.5, 0.6) is 0 Å². The summed E-state index contributed by atoms with van der Waals surface area (Å²) >= 11 is 0. The number of aromatic nitrogens is 3. The van der Waals surface area contributed by atoms with Crippen LogP contribution in [0, 0.1) is 0 Å². The second-order valence-electron chi connectivity index (χ2n) is 5.10. The Morgan fingerprint density at radius 1 is 1.39 bits per heavy atom. The third-order valence-corrected chi connectivity index (χ3v) is 3.91. The standard InChI is InChI=1S/C14H20N4/c1-17-9-4-5-12(17)11-18-10-3-2-6-14(18)13-7-8-15-16-13/h4-5,7-9,14H,2-3,6,10-11H2,1H3,(H,15,16). The van der Waals surface area contributed by atoms with E-state index in [4.69, 9.17) is 0 Å². The second kappa shape index (κ2) is 4.98. The van der Waals surface area contributed by atoms with Gasteiger partial charge in [0, 0.05) is 31.7 Å². The summed E-state index contributed by atoms with van der Waals surface area (Å²) in [6.45, 7) is 2.20. The molecule has 4 heteroatoms. The molecule has 3 rings (SSSR count). The third kappa shape index (κ3) is 2.20. The van der Waals surface area contributed by atoms with E-state index >= 15 is 0 Å². The molecule has 0 spiro atoms. The summed E-state index contributed by atoms with van der Waals surface area (Å²) in [5, 5.41) is 7.22. The van der Waals surface area contributed by atoms with Gasteiger partial charge in [0.25, 0.3) is 0 Å². The highest BCUT2D eigenvalue weighted by Gasteiger charge is 2.25. The normalized spacial score (nSPS) is 21.3. The molecule has 1 N–H and O–H groups in total. The number of rotatable bonds is 3. The first-order valence-electron chi connectivity index (χ1n) is 6.68. The number of hydrogen-bond donors (Lipinski definition) is 1. The van der Waals surface area contributed by atoms with Crippen LogP contribution in [0.4, 0.5) is 0 Å². The molecular weight excluding hydrogens is 224 g/mol. The van der Waals surface area contributed by atoms with Crippen LogP contribution >= 0.6 is 0 Å². The lowest BCUT2D eigenvalue weighted by Crippen LogP contribution is -2.33. The Balaban J connectivity index is 1.78. The van der Waals surface area contributed by atoms with E-state index in [-0.39, 0.29) is 0 Å². The lowest BCUT2D eigenvalue weighted by molar-refractivity contribution is 0.134. The maximum absolute atomic E-state index is 4.09. The van der Waals surface area contributed by atoms with Gasteiger partial charge in [0.05, 0.1) is 11.7 Å². The molecule has 1 atom stereocenters. The van der Waals surface area contributed by atoms with E-state index in [1.807, 2.05) is 6.20 Å². The van der Waals surface area contributed by atoms with Crippen molar-refractivity contribution in [2.45, 2.75) is 31.8 Å². The molecule has 0 aliphatic carbocycles. The van der Waals surface area contributed by atoms with Gasteiger partial charge in [-0.15, -0.1) is 0 Å². The van der Waals surface area contributed by atoms with Gasteiger partial charge in [0.15, 0.2) is 0 Å². The molecule has 96 valence electrons. The number of H-pyrrole nitrogens is 1. The molecule has 1 unspecified atom stereocenters. The highest BCUT2D eigenvalue weighted by Crippen LogP contribution is 2.30. The Labute approximate surface area is 108 Å². The summed E-state index contributed by atoms with van der Waals surface area (Å²) in [5.41, 5.74) is 2.63. The summed E-state index contributed by atoms with van der Waals surface area (Å²) in [4.78, 5) is 2.56. The number of likely N-dealkylation sites (tertiary alicyclic amines) is 1. The van der Waals surface area contributed by atoms with Crippen molar-refractivity contribution in [1.29, 1.82) is 0 Å². The first-order chi connectivity index (χ1) is 8.84. The molecule has 0 bridgehead atoms. The van der Waals surface area contributed by atoms with Crippen molar-refractivity contribution in [1.82, 2.24) is 19.7 Å². The molecule has 0 saturated carbocycles. The van der Waals surface area contributed by atoms with Gasteiger partial charge in [-0.3, -0.25) is 10.00 Å². The van der Waals surface area contributed by atoms with Gasteiger partial charge in [0.2, 0.25) is 0 Å². The minimum absolute atomic E-state index is 0.496. The smallest absolute Gasteiger partial charge is 0.0523 e. The van der Waals surface area contributed by atoms with Crippen LogP contribution in [0.3, 0.4) is 0 Å². The van der Waals surface area contributed by atoms with E-state index in [0.29, 0.717) is 6.04 Å². The fourth-order valence-electron chi connectivity index (χ4n) is 2.85. The Morgan fingerprint density at radius 2 is 2.33 bits per heavy atom. The van der Waals surface area contributed by atoms with E-state index in [1.54, 1.807) is 0 Å². The number of piperidine rings is 1. The molecule has 1 aliphatic rings. The maximum atomic E-state index is 4.09. The van der Waals surface area contributed by atoms with Gasteiger partial charge in [0.1, 0.15) is 0 Å². The zero-order valence-electron chi connectivity index (χ0n) is 10.8. The molecule has 1 fully saturated rings. The molecule has 2 aromatic heterocycles. The zero-order valence-corrected chi connectivity index (χ0v) is 10.8. The summed E-state index contributed by atoms with van der Waals surface area (Å²) in [5.74, 6) is 0. The van der Waals surface area contributed by atoms with Gasteiger partial charge < -0.3 is 4.57 Å². The van der Waals surface area contributed by atoms with Crippen LogP contribution in [0.1, 0.15) is 36.7 Å². The number of nitrogens with zero attached hydrogens (tertiary/aromatic N) is 3. The molecule has 1 aliphatic heterocycles. The molecule has 0 amide bonds. The van der Waals surface area contributed by atoms with Crippen LogP contribution in [-0.2, 0) is 13.6 Å². The lowest BCUT2D eigenvalue weighted by Gasteiger charge is -2.35. The van der Waals surface area contributed by atoms with Crippen molar-refractivity contribution in [2.24, 2.45) is 7.05 Å². The maximum Gasteiger partial charge on any atom is 0.0523 e. The lowest BCUT2D eigenvalue weighted by atomic mass is 9.99. The monoisotopic (exact) mass is 244 g/mol. The van der Waals surface area contributed by atoms with Gasteiger partial charge >= 0.3 is 0 Å². The summed E-state index contributed by atoms with van der Waals surface area (Å²) < 4.78 is 2.21. The Hall–Kier alpha value is -1.55. The van der Waals surface area contributed by atoms with Crippen molar-refractivity contribution >= 4 is 0 Å². The van der Waals surface area contributed by atoms with Crippen LogP contribution in [0.15, 0.2) is 30.6 Å². The molecule has 3 heterocycles. The average molecular weight is 244 g/mol. The predicted molar refractivity (Wildman–Crippen MR) is 71.0 cm³/mol. The van der Waals surface area contributed by atoms with Gasteiger partial charge in [-0.2, -0.15) is 5.10 Å². The predicted octanol–water partition coefficient (Wildman–Crippen LogP) is 2.48. The van der Waals surface area contributed by atoms with Crippen molar-refractivity contribution < 1.29 is 0 Å². The highest BCUT2D eigenvalue weighted by atomic mass is 15.2. The number of nitrogens with one attached hydrogen (secondary N) is 1. The van der Waals surface area contributed by atoms with Crippen LogP contribution in [-0.4, -0.2) is 26.2 Å². The van der Waals surface area contributed by atoms with Crippen LogP contribution in [0.25, 0.3) is 0 Å². The number of aryl methyl sites for hydroxylation is 1.